The molecule has 1 aromatic carbocycles. The number of rotatable bonds is 3. The largest absolute Gasteiger partial charge is 0.383 e. The fraction of sp³-hybridized carbons (Fsp3) is 0.333. The summed E-state index contributed by atoms with van der Waals surface area (Å²) in [5.41, 5.74) is 10.4. The molecule has 3 heteroatoms. The number of nitrogen functional groups attached to an aromatic ring is 1. The van der Waals surface area contributed by atoms with Gasteiger partial charge in [0.05, 0.1) is 0 Å². The van der Waals surface area contributed by atoms with Crippen LogP contribution in [0.2, 0.25) is 0 Å². The number of nitrogens with two attached hydrogens (primary N) is 1. The van der Waals surface area contributed by atoms with Crippen LogP contribution in [0.15, 0.2) is 24.3 Å². The van der Waals surface area contributed by atoms with E-state index >= 15 is 0 Å². The predicted molar refractivity (Wildman–Crippen MR) is 75.4 cm³/mol. The molecule has 0 spiro atoms. The van der Waals surface area contributed by atoms with E-state index in [0.717, 1.165) is 35.5 Å². The third kappa shape index (κ3) is 2.21. The summed E-state index contributed by atoms with van der Waals surface area (Å²) in [4.78, 5) is 9.04. The molecule has 1 aromatic heterocycles. The molecule has 0 bridgehead atoms. The summed E-state index contributed by atoms with van der Waals surface area (Å²) in [5, 5.41) is 0. The van der Waals surface area contributed by atoms with Gasteiger partial charge in [-0.2, -0.15) is 0 Å². The molecule has 0 unspecified atom stereocenters. The smallest absolute Gasteiger partial charge is 0.162 e. The van der Waals surface area contributed by atoms with Crippen molar-refractivity contribution in [1.29, 1.82) is 0 Å². The lowest BCUT2D eigenvalue weighted by atomic mass is 10.0. The molecule has 1 heterocycles. The van der Waals surface area contributed by atoms with E-state index < -0.39 is 0 Å². The monoisotopic (exact) mass is 241 g/mol. The van der Waals surface area contributed by atoms with Crippen LogP contribution in [0, 0.1) is 6.92 Å². The average molecular weight is 241 g/mol. The number of aromatic nitrogens is 2. The van der Waals surface area contributed by atoms with Crippen molar-refractivity contribution in [1.82, 2.24) is 9.97 Å². The van der Waals surface area contributed by atoms with Crippen molar-refractivity contribution in [2.75, 3.05) is 5.73 Å². The van der Waals surface area contributed by atoms with Crippen molar-refractivity contribution in [3.8, 4) is 11.4 Å². The minimum Gasteiger partial charge on any atom is -0.383 e. The predicted octanol–water partition coefficient (Wildman–Crippen LogP) is 3.16. The molecule has 0 amide bonds. The first kappa shape index (κ1) is 12.6. The van der Waals surface area contributed by atoms with Crippen LogP contribution in [-0.2, 0) is 12.8 Å². The quantitative estimate of drug-likeness (QED) is 0.898. The van der Waals surface area contributed by atoms with Crippen molar-refractivity contribution in [3.63, 3.8) is 0 Å². The van der Waals surface area contributed by atoms with Gasteiger partial charge in [-0.25, -0.2) is 9.97 Å². The lowest BCUT2D eigenvalue weighted by Crippen LogP contribution is -2.05. The summed E-state index contributed by atoms with van der Waals surface area (Å²) in [7, 11) is 0. The van der Waals surface area contributed by atoms with Crippen LogP contribution in [0.1, 0.15) is 30.7 Å². The second-order valence-corrected chi connectivity index (χ2v) is 4.36. The van der Waals surface area contributed by atoms with Crippen LogP contribution in [0.4, 0.5) is 5.82 Å². The molecule has 18 heavy (non-hydrogen) atoms. The molecule has 0 aliphatic carbocycles. The number of anilines is 1. The summed E-state index contributed by atoms with van der Waals surface area (Å²) in [6.45, 7) is 6.20. The number of nitrogens with zero attached hydrogens (tertiary/aromatic N) is 2. The van der Waals surface area contributed by atoms with E-state index in [-0.39, 0.29) is 0 Å². The highest BCUT2D eigenvalue weighted by atomic mass is 15.0. The first-order valence-corrected chi connectivity index (χ1v) is 6.38. The SMILES string of the molecule is CCc1ccccc1-c1nc(C)c(CC)c(N)n1. The second-order valence-electron chi connectivity index (χ2n) is 4.36. The molecule has 94 valence electrons. The molecule has 2 rings (SSSR count). The molecule has 0 fully saturated rings. The highest BCUT2D eigenvalue weighted by molar-refractivity contribution is 5.62. The van der Waals surface area contributed by atoms with Gasteiger partial charge in [0.25, 0.3) is 0 Å². The van der Waals surface area contributed by atoms with Gasteiger partial charge in [-0.15, -0.1) is 0 Å². The summed E-state index contributed by atoms with van der Waals surface area (Å²) < 4.78 is 0. The standard InChI is InChI=1S/C15H19N3/c1-4-11-8-6-7-9-13(11)15-17-10(3)12(5-2)14(16)18-15/h6-9H,4-5H2,1-3H3,(H2,16,17,18). The Hall–Kier alpha value is -1.90. The molecular weight excluding hydrogens is 222 g/mol. The van der Waals surface area contributed by atoms with Crippen LogP contribution in [0.5, 0.6) is 0 Å². The summed E-state index contributed by atoms with van der Waals surface area (Å²) in [5.74, 6) is 1.34. The van der Waals surface area contributed by atoms with E-state index in [9.17, 15) is 0 Å². The van der Waals surface area contributed by atoms with Gasteiger partial charge in [0, 0.05) is 16.8 Å². The molecule has 0 atom stereocenters. The number of hydrogen-bond acceptors (Lipinski definition) is 3. The maximum Gasteiger partial charge on any atom is 0.162 e. The zero-order valence-corrected chi connectivity index (χ0v) is 11.2. The maximum absolute atomic E-state index is 6.01. The Bertz CT molecular complexity index is 538. The van der Waals surface area contributed by atoms with E-state index in [1.165, 1.54) is 5.56 Å². The highest BCUT2D eigenvalue weighted by Crippen LogP contribution is 2.24. The summed E-state index contributed by atoms with van der Waals surface area (Å²) in [6, 6.07) is 8.21. The van der Waals surface area contributed by atoms with Gasteiger partial charge >= 0.3 is 0 Å². The average Bonchev–Trinajstić information content (AvgIpc) is 2.38. The maximum atomic E-state index is 6.01. The minimum absolute atomic E-state index is 0.603. The number of hydrogen-bond donors (Lipinski definition) is 1. The summed E-state index contributed by atoms with van der Waals surface area (Å²) in [6.07, 6.45) is 1.83. The van der Waals surface area contributed by atoms with Crippen LogP contribution < -0.4 is 5.73 Å². The molecule has 2 N–H and O–H groups in total. The molecule has 0 radical (unpaired) electrons. The van der Waals surface area contributed by atoms with Crippen LogP contribution >= 0.6 is 0 Å². The number of aryl methyl sites for hydroxylation is 2. The Morgan fingerprint density at radius 3 is 2.39 bits per heavy atom. The van der Waals surface area contributed by atoms with Crippen LogP contribution in [0.3, 0.4) is 0 Å². The van der Waals surface area contributed by atoms with Gasteiger partial charge in [0.1, 0.15) is 5.82 Å². The lowest BCUT2D eigenvalue weighted by Gasteiger charge is -2.11. The van der Waals surface area contributed by atoms with Gasteiger partial charge < -0.3 is 5.73 Å². The topological polar surface area (TPSA) is 51.8 Å². The third-order valence-corrected chi connectivity index (χ3v) is 3.24. The first-order chi connectivity index (χ1) is 8.67. The van der Waals surface area contributed by atoms with Crippen LogP contribution in [0.25, 0.3) is 11.4 Å². The highest BCUT2D eigenvalue weighted by Gasteiger charge is 2.11. The van der Waals surface area contributed by atoms with Crippen molar-refractivity contribution < 1.29 is 0 Å². The molecule has 0 aliphatic rings. The lowest BCUT2D eigenvalue weighted by molar-refractivity contribution is 1.00. The van der Waals surface area contributed by atoms with Gasteiger partial charge in [0.2, 0.25) is 0 Å². The fourth-order valence-corrected chi connectivity index (χ4v) is 2.22. The minimum atomic E-state index is 0.603. The van der Waals surface area contributed by atoms with Gasteiger partial charge in [0.15, 0.2) is 5.82 Å². The molecular formula is C15H19N3. The Labute approximate surface area is 108 Å². The van der Waals surface area contributed by atoms with Crippen molar-refractivity contribution in [2.45, 2.75) is 33.6 Å². The molecule has 0 saturated carbocycles. The number of benzene rings is 1. The van der Waals surface area contributed by atoms with Crippen molar-refractivity contribution in [3.05, 3.63) is 41.1 Å². The Morgan fingerprint density at radius 1 is 1.06 bits per heavy atom. The third-order valence-electron chi connectivity index (χ3n) is 3.24. The molecule has 3 nitrogen and oxygen atoms in total. The van der Waals surface area contributed by atoms with Gasteiger partial charge in [-0.3, -0.25) is 0 Å². The molecule has 0 saturated heterocycles. The van der Waals surface area contributed by atoms with E-state index in [1.54, 1.807) is 0 Å². The van der Waals surface area contributed by atoms with E-state index in [2.05, 4.69) is 35.9 Å². The van der Waals surface area contributed by atoms with Crippen LogP contribution in [-0.4, -0.2) is 9.97 Å². The second kappa shape index (κ2) is 5.17. The Morgan fingerprint density at radius 2 is 1.78 bits per heavy atom. The van der Waals surface area contributed by atoms with E-state index in [1.807, 2.05) is 19.1 Å². The van der Waals surface area contributed by atoms with E-state index in [4.69, 9.17) is 5.73 Å². The first-order valence-electron chi connectivity index (χ1n) is 6.38. The van der Waals surface area contributed by atoms with Crippen molar-refractivity contribution >= 4 is 5.82 Å². The zero-order valence-electron chi connectivity index (χ0n) is 11.2. The Balaban J connectivity index is 2.58. The van der Waals surface area contributed by atoms with E-state index in [0.29, 0.717) is 5.82 Å². The fourth-order valence-electron chi connectivity index (χ4n) is 2.22. The van der Waals surface area contributed by atoms with Gasteiger partial charge in [-0.05, 0) is 25.3 Å². The van der Waals surface area contributed by atoms with Gasteiger partial charge in [-0.1, -0.05) is 38.1 Å². The molecule has 2 aromatic rings. The Kier molecular flexibility index (Phi) is 3.60. The molecule has 0 aliphatic heterocycles. The zero-order chi connectivity index (χ0) is 13.1. The summed E-state index contributed by atoms with van der Waals surface area (Å²) >= 11 is 0. The van der Waals surface area contributed by atoms with Crippen molar-refractivity contribution in [2.24, 2.45) is 0 Å². The normalized spacial score (nSPS) is 10.6.